The van der Waals surface area contributed by atoms with Gasteiger partial charge in [-0.3, -0.25) is 0 Å². The van der Waals surface area contributed by atoms with Gasteiger partial charge in [0.05, 0.1) is 0 Å². The Labute approximate surface area is 77.1 Å². The van der Waals surface area contributed by atoms with Crippen LogP contribution in [0.15, 0.2) is 11.6 Å². The fraction of sp³-hybridized carbons (Fsp3) is 0.833. The zero-order valence-corrected chi connectivity index (χ0v) is 9.15. The first kappa shape index (κ1) is 9.83. The van der Waals surface area contributed by atoms with Crippen LogP contribution in [0.5, 0.6) is 0 Å². The molecule has 0 heteroatoms. The topological polar surface area (TPSA) is 0 Å². The fourth-order valence-electron chi connectivity index (χ4n) is 1.84. The van der Waals surface area contributed by atoms with E-state index in [0.29, 0.717) is 11.3 Å². The van der Waals surface area contributed by atoms with Crippen LogP contribution >= 0.6 is 0 Å². The Bertz CT molecular complexity index is 180. The Hall–Kier alpha value is -0.260. The molecule has 1 aliphatic rings. The van der Waals surface area contributed by atoms with Crippen molar-refractivity contribution in [3.05, 3.63) is 11.6 Å². The van der Waals surface area contributed by atoms with Crippen LogP contribution in [-0.2, 0) is 0 Å². The lowest BCUT2D eigenvalue weighted by molar-refractivity contribution is 0.378. The van der Waals surface area contributed by atoms with Crippen LogP contribution in [0, 0.1) is 17.3 Å². The molecule has 0 atom stereocenters. The molecule has 1 aliphatic carbocycles. The Morgan fingerprint density at radius 2 is 1.83 bits per heavy atom. The Balaban J connectivity index is 2.66. The third kappa shape index (κ3) is 2.12. The standard InChI is InChI=1S/C12H22/c1-9(2)8-10(3)12(4,5)11-6-7-11/h8-9,11H,6-7H2,1-5H3. The first-order chi connectivity index (χ1) is 5.44. The van der Waals surface area contributed by atoms with E-state index in [1.165, 1.54) is 12.8 Å². The van der Waals surface area contributed by atoms with Crippen LogP contribution in [0.2, 0.25) is 0 Å². The number of rotatable bonds is 3. The van der Waals surface area contributed by atoms with Crippen LogP contribution in [-0.4, -0.2) is 0 Å². The van der Waals surface area contributed by atoms with Gasteiger partial charge < -0.3 is 0 Å². The van der Waals surface area contributed by atoms with E-state index in [1.807, 2.05) is 0 Å². The summed E-state index contributed by atoms with van der Waals surface area (Å²) in [5, 5.41) is 0. The fourth-order valence-corrected chi connectivity index (χ4v) is 1.84. The lowest BCUT2D eigenvalue weighted by Gasteiger charge is -2.26. The molecule has 0 aromatic rings. The molecule has 0 aromatic carbocycles. The van der Waals surface area contributed by atoms with E-state index in [4.69, 9.17) is 0 Å². The van der Waals surface area contributed by atoms with Crippen molar-refractivity contribution < 1.29 is 0 Å². The smallest absolute Gasteiger partial charge is 0.0119 e. The van der Waals surface area contributed by atoms with Gasteiger partial charge in [0.15, 0.2) is 0 Å². The van der Waals surface area contributed by atoms with Crippen molar-refractivity contribution in [2.45, 2.75) is 47.5 Å². The molecule has 70 valence electrons. The molecule has 0 amide bonds. The average Bonchev–Trinajstić information content (AvgIpc) is 2.65. The van der Waals surface area contributed by atoms with Gasteiger partial charge in [0, 0.05) is 0 Å². The Morgan fingerprint density at radius 1 is 1.33 bits per heavy atom. The molecule has 0 spiro atoms. The van der Waals surface area contributed by atoms with E-state index in [2.05, 4.69) is 40.7 Å². The molecule has 0 aromatic heterocycles. The summed E-state index contributed by atoms with van der Waals surface area (Å²) >= 11 is 0. The summed E-state index contributed by atoms with van der Waals surface area (Å²) in [4.78, 5) is 0. The van der Waals surface area contributed by atoms with E-state index in [0.717, 1.165) is 5.92 Å². The minimum Gasteiger partial charge on any atom is -0.0825 e. The summed E-state index contributed by atoms with van der Waals surface area (Å²) in [6.45, 7) is 11.6. The second kappa shape index (κ2) is 3.24. The molecule has 1 fully saturated rings. The predicted molar refractivity (Wildman–Crippen MR) is 55.1 cm³/mol. The van der Waals surface area contributed by atoms with E-state index in [9.17, 15) is 0 Å². The molecule has 0 aliphatic heterocycles. The van der Waals surface area contributed by atoms with E-state index >= 15 is 0 Å². The predicted octanol–water partition coefficient (Wildman–Crippen LogP) is 4.02. The average molecular weight is 166 g/mol. The molecule has 0 unspecified atom stereocenters. The first-order valence-electron chi connectivity index (χ1n) is 5.13. The third-order valence-corrected chi connectivity index (χ3v) is 3.20. The molecule has 1 saturated carbocycles. The molecule has 0 saturated heterocycles. The summed E-state index contributed by atoms with van der Waals surface area (Å²) < 4.78 is 0. The monoisotopic (exact) mass is 166 g/mol. The summed E-state index contributed by atoms with van der Waals surface area (Å²) in [6.07, 6.45) is 5.30. The summed E-state index contributed by atoms with van der Waals surface area (Å²) in [5.74, 6) is 1.66. The highest BCUT2D eigenvalue weighted by Gasteiger charge is 2.38. The highest BCUT2D eigenvalue weighted by Crippen LogP contribution is 2.49. The van der Waals surface area contributed by atoms with Gasteiger partial charge in [-0.25, -0.2) is 0 Å². The number of allylic oxidation sites excluding steroid dienone is 2. The molecular weight excluding hydrogens is 144 g/mol. The van der Waals surface area contributed by atoms with Crippen molar-refractivity contribution in [1.82, 2.24) is 0 Å². The van der Waals surface area contributed by atoms with E-state index in [1.54, 1.807) is 5.57 Å². The molecule has 0 N–H and O–H groups in total. The van der Waals surface area contributed by atoms with Crippen molar-refractivity contribution >= 4 is 0 Å². The molecule has 12 heavy (non-hydrogen) atoms. The van der Waals surface area contributed by atoms with Gasteiger partial charge >= 0.3 is 0 Å². The second-order valence-electron chi connectivity index (χ2n) is 5.09. The van der Waals surface area contributed by atoms with Crippen LogP contribution in [0.4, 0.5) is 0 Å². The maximum atomic E-state index is 2.42. The second-order valence-corrected chi connectivity index (χ2v) is 5.09. The van der Waals surface area contributed by atoms with E-state index < -0.39 is 0 Å². The quantitative estimate of drug-likeness (QED) is 0.555. The maximum absolute atomic E-state index is 2.42. The minimum atomic E-state index is 0.463. The van der Waals surface area contributed by atoms with Crippen LogP contribution in [0.3, 0.4) is 0 Å². The number of hydrogen-bond donors (Lipinski definition) is 0. The summed E-state index contributed by atoms with van der Waals surface area (Å²) in [5.41, 5.74) is 2.05. The van der Waals surface area contributed by atoms with Gasteiger partial charge in [-0.1, -0.05) is 39.3 Å². The zero-order valence-electron chi connectivity index (χ0n) is 9.15. The summed E-state index contributed by atoms with van der Waals surface area (Å²) in [7, 11) is 0. The van der Waals surface area contributed by atoms with Crippen molar-refractivity contribution in [3.63, 3.8) is 0 Å². The van der Waals surface area contributed by atoms with Crippen LogP contribution in [0.1, 0.15) is 47.5 Å². The zero-order chi connectivity index (χ0) is 9.35. The van der Waals surface area contributed by atoms with Gasteiger partial charge in [0.1, 0.15) is 0 Å². The van der Waals surface area contributed by atoms with Crippen LogP contribution < -0.4 is 0 Å². The molecule has 1 rings (SSSR count). The lowest BCUT2D eigenvalue weighted by Crippen LogP contribution is -2.16. The summed E-state index contributed by atoms with van der Waals surface area (Å²) in [6, 6.07) is 0. The van der Waals surface area contributed by atoms with Crippen molar-refractivity contribution in [2.75, 3.05) is 0 Å². The van der Waals surface area contributed by atoms with Gasteiger partial charge in [0.25, 0.3) is 0 Å². The Kier molecular flexibility index (Phi) is 2.65. The first-order valence-corrected chi connectivity index (χ1v) is 5.13. The lowest BCUT2D eigenvalue weighted by atomic mass is 9.79. The normalized spacial score (nSPS) is 20.3. The SMILES string of the molecule is CC(=CC(C)C)C(C)(C)C1CC1. The van der Waals surface area contributed by atoms with Gasteiger partial charge in [-0.05, 0) is 37.0 Å². The maximum Gasteiger partial charge on any atom is -0.0119 e. The van der Waals surface area contributed by atoms with Crippen molar-refractivity contribution in [2.24, 2.45) is 17.3 Å². The van der Waals surface area contributed by atoms with Crippen molar-refractivity contribution in [3.8, 4) is 0 Å². The molecular formula is C12H22. The highest BCUT2D eigenvalue weighted by molar-refractivity contribution is 5.14. The molecule has 0 nitrogen and oxygen atoms in total. The largest absolute Gasteiger partial charge is 0.0825 e. The highest BCUT2D eigenvalue weighted by atomic mass is 14.4. The van der Waals surface area contributed by atoms with Crippen LogP contribution in [0.25, 0.3) is 0 Å². The van der Waals surface area contributed by atoms with E-state index in [-0.39, 0.29) is 0 Å². The Morgan fingerprint density at radius 3 is 2.17 bits per heavy atom. The number of hydrogen-bond acceptors (Lipinski definition) is 0. The minimum absolute atomic E-state index is 0.463. The van der Waals surface area contributed by atoms with Gasteiger partial charge in [0.2, 0.25) is 0 Å². The molecule has 0 radical (unpaired) electrons. The van der Waals surface area contributed by atoms with Gasteiger partial charge in [-0.15, -0.1) is 0 Å². The molecule has 0 bridgehead atoms. The third-order valence-electron chi connectivity index (χ3n) is 3.20. The van der Waals surface area contributed by atoms with Crippen molar-refractivity contribution in [1.29, 1.82) is 0 Å². The van der Waals surface area contributed by atoms with Gasteiger partial charge in [-0.2, -0.15) is 0 Å². The molecule has 0 heterocycles.